The summed E-state index contributed by atoms with van der Waals surface area (Å²) in [6.07, 6.45) is -4.72. The zero-order chi connectivity index (χ0) is 17.0. The molecule has 10 heteroatoms. The molecule has 1 aromatic rings. The Labute approximate surface area is 139 Å². The fourth-order valence-corrected chi connectivity index (χ4v) is 3.52. The molecule has 0 atom stereocenters. The van der Waals surface area contributed by atoms with Crippen molar-refractivity contribution in [1.82, 2.24) is 4.90 Å². The topological polar surface area (TPSA) is 55.6 Å². The van der Waals surface area contributed by atoms with E-state index in [0.29, 0.717) is 31.6 Å². The van der Waals surface area contributed by atoms with Gasteiger partial charge in [0, 0.05) is 31.5 Å². The van der Waals surface area contributed by atoms with E-state index in [2.05, 4.69) is 4.90 Å². The molecule has 0 aromatic heterocycles. The van der Waals surface area contributed by atoms with E-state index in [1.54, 1.807) is 0 Å². The summed E-state index contributed by atoms with van der Waals surface area (Å²) in [5.41, 5.74) is -1.77. The lowest BCUT2D eigenvalue weighted by Crippen LogP contribution is -2.37. The zero-order valence-corrected chi connectivity index (χ0v) is 13.5. The van der Waals surface area contributed by atoms with Gasteiger partial charge in [0.25, 0.3) is 5.69 Å². The third-order valence-corrected chi connectivity index (χ3v) is 4.66. The second-order valence-electron chi connectivity index (χ2n) is 4.86. The summed E-state index contributed by atoms with van der Waals surface area (Å²) in [6.45, 7) is 3.49. The molecule has 23 heavy (non-hydrogen) atoms. The van der Waals surface area contributed by atoms with Crippen molar-refractivity contribution in [3.8, 4) is 0 Å². The number of ether oxygens (including phenoxy) is 1. The molecule has 5 nitrogen and oxygen atoms in total. The number of halogens is 4. The van der Waals surface area contributed by atoms with Gasteiger partial charge < -0.3 is 4.74 Å². The molecule has 1 aromatic carbocycles. The average Bonchev–Trinajstić information content (AvgIpc) is 2.46. The van der Waals surface area contributed by atoms with Gasteiger partial charge in [-0.2, -0.15) is 13.2 Å². The predicted molar refractivity (Wildman–Crippen MR) is 81.1 cm³/mol. The number of nitro groups is 1. The summed E-state index contributed by atoms with van der Waals surface area (Å²) < 4.78 is 43.6. The summed E-state index contributed by atoms with van der Waals surface area (Å²) in [5.74, 6) is 0.516. The zero-order valence-electron chi connectivity index (χ0n) is 11.9. The van der Waals surface area contributed by atoms with Crippen LogP contribution in [-0.4, -0.2) is 48.4 Å². The molecule has 0 aliphatic carbocycles. The van der Waals surface area contributed by atoms with E-state index in [9.17, 15) is 23.3 Å². The average molecular weight is 371 g/mol. The van der Waals surface area contributed by atoms with Gasteiger partial charge in [-0.15, -0.1) is 11.8 Å². The lowest BCUT2D eigenvalue weighted by atomic mass is 10.2. The maximum atomic E-state index is 12.8. The summed E-state index contributed by atoms with van der Waals surface area (Å²) >= 11 is 6.76. The first-order chi connectivity index (χ1) is 10.8. The number of benzene rings is 1. The molecule has 0 N–H and O–H groups in total. The van der Waals surface area contributed by atoms with Gasteiger partial charge in [0.05, 0.1) is 33.6 Å². The first-order valence-electron chi connectivity index (χ1n) is 6.77. The van der Waals surface area contributed by atoms with Crippen molar-refractivity contribution in [1.29, 1.82) is 0 Å². The van der Waals surface area contributed by atoms with Crippen LogP contribution < -0.4 is 0 Å². The summed E-state index contributed by atoms with van der Waals surface area (Å²) in [6, 6.07) is 1.52. The molecule has 1 fully saturated rings. The highest BCUT2D eigenvalue weighted by molar-refractivity contribution is 7.99. The molecule has 0 amide bonds. The lowest BCUT2D eigenvalue weighted by molar-refractivity contribution is -0.388. The van der Waals surface area contributed by atoms with Crippen LogP contribution in [0.2, 0.25) is 5.02 Å². The fourth-order valence-electron chi connectivity index (χ4n) is 2.13. The smallest absolute Gasteiger partial charge is 0.379 e. The molecule has 0 bridgehead atoms. The number of nitrogens with zero attached hydrogens (tertiary/aromatic N) is 2. The molecule has 0 radical (unpaired) electrons. The van der Waals surface area contributed by atoms with E-state index in [1.807, 2.05) is 0 Å². The SMILES string of the molecule is O=[N+]([O-])c1cc(C(F)(F)F)c(Cl)cc1SCCN1CCOCC1. The predicted octanol–water partition coefficient (Wildman–Crippen LogP) is 3.69. The van der Waals surface area contributed by atoms with Crippen molar-refractivity contribution in [2.24, 2.45) is 0 Å². The Bertz CT molecular complexity index is 580. The van der Waals surface area contributed by atoms with Crippen LogP contribution in [-0.2, 0) is 10.9 Å². The van der Waals surface area contributed by atoms with E-state index < -0.39 is 27.4 Å². The van der Waals surface area contributed by atoms with Gasteiger partial charge in [-0.3, -0.25) is 15.0 Å². The molecular weight excluding hydrogens is 357 g/mol. The third kappa shape index (κ3) is 4.97. The minimum atomic E-state index is -4.72. The van der Waals surface area contributed by atoms with Crippen LogP contribution in [0, 0.1) is 10.1 Å². The summed E-state index contributed by atoms with van der Waals surface area (Å²) in [7, 11) is 0. The molecule has 128 valence electrons. The van der Waals surface area contributed by atoms with Crippen molar-refractivity contribution in [3.05, 3.63) is 32.8 Å². The Morgan fingerprint density at radius 3 is 2.57 bits per heavy atom. The standard InChI is InChI=1S/C13H14ClF3N2O3S/c14-10-8-12(23-6-3-18-1-4-22-5-2-18)11(19(20)21)7-9(10)13(15,16)17/h7-8H,1-6H2. The van der Waals surface area contributed by atoms with Crippen molar-refractivity contribution in [2.75, 3.05) is 38.6 Å². The van der Waals surface area contributed by atoms with Crippen molar-refractivity contribution < 1.29 is 22.8 Å². The van der Waals surface area contributed by atoms with Gasteiger partial charge in [-0.05, 0) is 6.07 Å². The number of thioether (sulfide) groups is 1. The van der Waals surface area contributed by atoms with Crippen molar-refractivity contribution in [2.45, 2.75) is 11.1 Å². The Hall–Kier alpha value is -1.03. The molecule has 0 spiro atoms. The Balaban J connectivity index is 2.11. The lowest BCUT2D eigenvalue weighted by Gasteiger charge is -2.26. The summed E-state index contributed by atoms with van der Waals surface area (Å²) in [5, 5.41) is 10.5. The number of rotatable bonds is 5. The number of nitro benzene ring substituents is 1. The largest absolute Gasteiger partial charge is 0.418 e. The molecule has 1 heterocycles. The van der Waals surface area contributed by atoms with Gasteiger partial charge in [0.1, 0.15) is 0 Å². The van der Waals surface area contributed by atoms with Crippen LogP contribution in [0.15, 0.2) is 17.0 Å². The van der Waals surface area contributed by atoms with E-state index >= 15 is 0 Å². The van der Waals surface area contributed by atoms with E-state index in [1.165, 1.54) is 0 Å². The van der Waals surface area contributed by atoms with Gasteiger partial charge >= 0.3 is 6.18 Å². The summed E-state index contributed by atoms with van der Waals surface area (Å²) in [4.78, 5) is 12.5. The van der Waals surface area contributed by atoms with Crippen LogP contribution in [0.1, 0.15) is 5.56 Å². The highest BCUT2D eigenvalue weighted by Gasteiger charge is 2.36. The van der Waals surface area contributed by atoms with Gasteiger partial charge in [0.2, 0.25) is 0 Å². The van der Waals surface area contributed by atoms with E-state index in [4.69, 9.17) is 16.3 Å². The van der Waals surface area contributed by atoms with Crippen molar-refractivity contribution in [3.63, 3.8) is 0 Å². The van der Waals surface area contributed by atoms with Gasteiger partial charge in [-0.1, -0.05) is 11.6 Å². The number of hydrogen-bond acceptors (Lipinski definition) is 5. The quantitative estimate of drug-likeness (QED) is 0.449. The first kappa shape index (κ1) is 18.3. The minimum Gasteiger partial charge on any atom is -0.379 e. The highest BCUT2D eigenvalue weighted by atomic mass is 35.5. The second kappa shape index (κ2) is 7.69. The monoisotopic (exact) mass is 370 g/mol. The van der Waals surface area contributed by atoms with Crippen LogP contribution in [0.25, 0.3) is 0 Å². The molecule has 1 aliphatic rings. The van der Waals surface area contributed by atoms with Gasteiger partial charge in [0.15, 0.2) is 0 Å². The fraction of sp³-hybridized carbons (Fsp3) is 0.538. The third-order valence-electron chi connectivity index (χ3n) is 3.32. The molecule has 0 saturated carbocycles. The van der Waals surface area contributed by atoms with Crippen LogP contribution in [0.4, 0.5) is 18.9 Å². The maximum Gasteiger partial charge on any atom is 0.418 e. The van der Waals surface area contributed by atoms with Crippen LogP contribution in [0.3, 0.4) is 0 Å². The maximum absolute atomic E-state index is 12.8. The first-order valence-corrected chi connectivity index (χ1v) is 8.13. The molecule has 1 saturated heterocycles. The Kier molecular flexibility index (Phi) is 6.12. The van der Waals surface area contributed by atoms with E-state index in [0.717, 1.165) is 30.9 Å². The van der Waals surface area contributed by atoms with Gasteiger partial charge in [-0.25, -0.2) is 0 Å². The minimum absolute atomic E-state index is 0.140. The number of morpholine rings is 1. The molecule has 2 rings (SSSR count). The normalized spacial score (nSPS) is 16.5. The van der Waals surface area contributed by atoms with Crippen LogP contribution >= 0.6 is 23.4 Å². The van der Waals surface area contributed by atoms with Crippen molar-refractivity contribution >= 4 is 29.1 Å². The highest BCUT2D eigenvalue weighted by Crippen LogP contribution is 2.41. The Morgan fingerprint density at radius 2 is 2.00 bits per heavy atom. The second-order valence-corrected chi connectivity index (χ2v) is 6.40. The van der Waals surface area contributed by atoms with E-state index in [-0.39, 0.29) is 4.90 Å². The molecule has 0 unspecified atom stereocenters. The Morgan fingerprint density at radius 1 is 1.35 bits per heavy atom. The molecular formula is C13H14ClF3N2O3S. The number of hydrogen-bond donors (Lipinski definition) is 0. The molecule has 1 aliphatic heterocycles. The number of alkyl halides is 3. The van der Waals surface area contributed by atoms with Crippen LogP contribution in [0.5, 0.6) is 0 Å².